The molecule has 6 nitrogen and oxygen atoms in total. The average Bonchev–Trinajstić information content (AvgIpc) is 2.34. The van der Waals surface area contributed by atoms with Crippen molar-refractivity contribution in [3.63, 3.8) is 0 Å². The Labute approximate surface area is 106 Å². The van der Waals surface area contributed by atoms with E-state index in [0.717, 1.165) is 5.56 Å². The van der Waals surface area contributed by atoms with Gasteiger partial charge in [-0.15, -0.1) is 0 Å². The smallest absolute Gasteiger partial charge is 0.404 e. The first-order valence-corrected chi connectivity index (χ1v) is 5.71. The summed E-state index contributed by atoms with van der Waals surface area (Å²) in [5.41, 5.74) is 1.02. The monoisotopic (exact) mass is 254 g/mol. The Morgan fingerprint density at radius 1 is 1.28 bits per heavy atom. The molecule has 0 fully saturated rings. The molecular formula is C12H18N2O4. The zero-order valence-corrected chi connectivity index (χ0v) is 10.1. The van der Waals surface area contributed by atoms with E-state index in [1.807, 2.05) is 30.3 Å². The Morgan fingerprint density at radius 3 is 2.67 bits per heavy atom. The number of ether oxygens (including phenoxy) is 1. The largest absolute Gasteiger partial charge is 0.465 e. The Kier molecular flexibility index (Phi) is 6.78. The number of hydrogen-bond acceptors (Lipinski definition) is 4. The fourth-order valence-corrected chi connectivity index (χ4v) is 1.38. The first-order valence-electron chi connectivity index (χ1n) is 5.71. The predicted molar refractivity (Wildman–Crippen MR) is 65.5 cm³/mol. The van der Waals surface area contributed by atoms with E-state index < -0.39 is 6.09 Å². The molecule has 1 amide bonds. The minimum atomic E-state index is -1.06. The highest BCUT2D eigenvalue weighted by Crippen LogP contribution is 2.01. The lowest BCUT2D eigenvalue weighted by Gasteiger charge is -2.14. The van der Waals surface area contributed by atoms with E-state index in [1.54, 1.807) is 0 Å². The molecule has 100 valence electrons. The lowest BCUT2D eigenvalue weighted by Crippen LogP contribution is -2.27. The highest BCUT2D eigenvalue weighted by molar-refractivity contribution is 5.64. The third-order valence-corrected chi connectivity index (χ3v) is 2.22. The second-order valence-electron chi connectivity index (χ2n) is 3.72. The van der Waals surface area contributed by atoms with E-state index in [-0.39, 0.29) is 6.54 Å². The molecule has 1 aromatic carbocycles. The van der Waals surface area contributed by atoms with Crippen LogP contribution in [-0.2, 0) is 11.3 Å². The fraction of sp³-hybridized carbons (Fsp3) is 0.417. The van der Waals surface area contributed by atoms with Crippen LogP contribution in [0, 0.1) is 0 Å². The van der Waals surface area contributed by atoms with Gasteiger partial charge in [0.1, 0.15) is 0 Å². The maximum Gasteiger partial charge on any atom is 0.404 e. The number of carboxylic acid groups (broad SMARTS) is 1. The van der Waals surface area contributed by atoms with E-state index in [0.29, 0.717) is 26.3 Å². The van der Waals surface area contributed by atoms with Crippen LogP contribution in [0.2, 0.25) is 0 Å². The zero-order chi connectivity index (χ0) is 13.2. The molecule has 6 heteroatoms. The van der Waals surface area contributed by atoms with Crippen LogP contribution in [0.1, 0.15) is 5.56 Å². The Morgan fingerprint density at radius 2 is 2.00 bits per heavy atom. The van der Waals surface area contributed by atoms with Crippen LogP contribution in [-0.4, -0.2) is 47.8 Å². The standard InChI is InChI=1S/C12H18N2O4/c15-12(16)13-6-8-18-9-7-14(17)10-11-4-2-1-3-5-11/h1-5,13,17H,6-10H2,(H,15,16). The summed E-state index contributed by atoms with van der Waals surface area (Å²) in [6, 6.07) is 9.61. The molecule has 0 saturated heterocycles. The van der Waals surface area contributed by atoms with Crippen LogP contribution < -0.4 is 5.32 Å². The number of hydrogen-bond donors (Lipinski definition) is 3. The quantitative estimate of drug-likeness (QED) is 0.479. The van der Waals surface area contributed by atoms with Gasteiger partial charge in [0.25, 0.3) is 0 Å². The van der Waals surface area contributed by atoms with E-state index >= 15 is 0 Å². The van der Waals surface area contributed by atoms with Crippen LogP contribution in [0.25, 0.3) is 0 Å². The third kappa shape index (κ3) is 6.85. The van der Waals surface area contributed by atoms with Crippen molar-refractivity contribution in [2.45, 2.75) is 6.54 Å². The van der Waals surface area contributed by atoms with Crippen molar-refractivity contribution in [1.29, 1.82) is 0 Å². The first kappa shape index (κ1) is 14.4. The Bertz CT molecular complexity index is 345. The SMILES string of the molecule is O=C(O)NCCOCCN(O)Cc1ccccc1. The number of nitrogens with zero attached hydrogens (tertiary/aromatic N) is 1. The molecule has 1 rings (SSSR count). The van der Waals surface area contributed by atoms with Crippen molar-refractivity contribution in [2.24, 2.45) is 0 Å². The van der Waals surface area contributed by atoms with Crippen molar-refractivity contribution in [2.75, 3.05) is 26.3 Å². The summed E-state index contributed by atoms with van der Waals surface area (Å²) in [5, 5.41) is 21.3. The van der Waals surface area contributed by atoms with E-state index in [2.05, 4.69) is 5.32 Å². The normalized spacial score (nSPS) is 10.6. The third-order valence-electron chi connectivity index (χ3n) is 2.22. The number of amides is 1. The summed E-state index contributed by atoms with van der Waals surface area (Å²) in [5.74, 6) is 0. The Balaban J connectivity index is 2.03. The van der Waals surface area contributed by atoms with E-state index in [4.69, 9.17) is 9.84 Å². The highest BCUT2D eigenvalue weighted by Gasteiger charge is 2.01. The maximum absolute atomic E-state index is 10.1. The fourth-order valence-electron chi connectivity index (χ4n) is 1.38. The molecule has 0 aromatic heterocycles. The average molecular weight is 254 g/mol. The lowest BCUT2D eigenvalue weighted by atomic mass is 10.2. The van der Waals surface area contributed by atoms with Gasteiger partial charge in [-0.25, -0.2) is 4.79 Å². The molecule has 0 unspecified atom stereocenters. The number of carbonyl (C=O) groups is 1. The summed E-state index contributed by atoms with van der Waals surface area (Å²) in [6.07, 6.45) is -1.06. The van der Waals surface area contributed by atoms with Crippen molar-refractivity contribution < 1.29 is 19.8 Å². The van der Waals surface area contributed by atoms with Crippen molar-refractivity contribution in [1.82, 2.24) is 10.4 Å². The molecule has 0 heterocycles. The molecule has 0 spiro atoms. The van der Waals surface area contributed by atoms with E-state index in [9.17, 15) is 10.0 Å². The highest BCUT2D eigenvalue weighted by atomic mass is 16.5. The van der Waals surface area contributed by atoms with Gasteiger partial charge in [-0.3, -0.25) is 0 Å². The number of rotatable bonds is 8. The number of hydroxylamine groups is 2. The minimum absolute atomic E-state index is 0.249. The zero-order valence-electron chi connectivity index (χ0n) is 10.1. The second-order valence-corrected chi connectivity index (χ2v) is 3.72. The molecule has 0 radical (unpaired) electrons. The summed E-state index contributed by atoms with van der Waals surface area (Å²) in [7, 11) is 0. The second kappa shape index (κ2) is 8.46. The maximum atomic E-state index is 10.1. The first-order chi connectivity index (χ1) is 8.68. The van der Waals surface area contributed by atoms with Crippen LogP contribution in [0.3, 0.4) is 0 Å². The minimum Gasteiger partial charge on any atom is -0.465 e. The molecule has 0 aliphatic carbocycles. The predicted octanol–water partition coefficient (Wildman–Crippen LogP) is 1.16. The molecule has 0 aliphatic heterocycles. The summed E-state index contributed by atoms with van der Waals surface area (Å²) in [4.78, 5) is 10.1. The van der Waals surface area contributed by atoms with Gasteiger partial charge in [-0.1, -0.05) is 30.3 Å². The van der Waals surface area contributed by atoms with Crippen molar-refractivity contribution >= 4 is 6.09 Å². The number of benzene rings is 1. The van der Waals surface area contributed by atoms with Gasteiger partial charge in [-0.05, 0) is 5.56 Å². The topological polar surface area (TPSA) is 82.0 Å². The van der Waals surface area contributed by atoms with Gasteiger partial charge in [0, 0.05) is 19.6 Å². The van der Waals surface area contributed by atoms with Gasteiger partial charge < -0.3 is 20.4 Å². The van der Waals surface area contributed by atoms with Crippen LogP contribution in [0.15, 0.2) is 30.3 Å². The van der Waals surface area contributed by atoms with Crippen LogP contribution in [0.5, 0.6) is 0 Å². The molecule has 3 N–H and O–H groups in total. The Hall–Kier alpha value is -1.63. The van der Waals surface area contributed by atoms with Crippen LogP contribution >= 0.6 is 0 Å². The summed E-state index contributed by atoms with van der Waals surface area (Å²) in [6.45, 7) is 1.72. The van der Waals surface area contributed by atoms with Gasteiger partial charge >= 0.3 is 6.09 Å². The van der Waals surface area contributed by atoms with Gasteiger partial charge in [0.15, 0.2) is 0 Å². The summed E-state index contributed by atoms with van der Waals surface area (Å²) < 4.78 is 5.16. The van der Waals surface area contributed by atoms with Crippen molar-refractivity contribution in [3.8, 4) is 0 Å². The van der Waals surface area contributed by atoms with Gasteiger partial charge in [0.2, 0.25) is 0 Å². The van der Waals surface area contributed by atoms with Crippen LogP contribution in [0.4, 0.5) is 4.79 Å². The molecule has 18 heavy (non-hydrogen) atoms. The molecule has 1 aromatic rings. The molecule has 0 aliphatic rings. The van der Waals surface area contributed by atoms with Gasteiger partial charge in [-0.2, -0.15) is 5.06 Å². The molecule has 0 bridgehead atoms. The molecule has 0 atom stereocenters. The lowest BCUT2D eigenvalue weighted by molar-refractivity contribution is -0.112. The molecular weight excluding hydrogens is 236 g/mol. The molecule has 0 saturated carbocycles. The van der Waals surface area contributed by atoms with Gasteiger partial charge in [0.05, 0.1) is 13.2 Å². The number of nitrogens with one attached hydrogen (secondary N) is 1. The summed E-state index contributed by atoms with van der Waals surface area (Å²) >= 11 is 0. The van der Waals surface area contributed by atoms with Crippen molar-refractivity contribution in [3.05, 3.63) is 35.9 Å². The van der Waals surface area contributed by atoms with E-state index in [1.165, 1.54) is 5.06 Å².